The Morgan fingerprint density at radius 2 is 1.93 bits per heavy atom. The first-order valence-corrected chi connectivity index (χ1v) is 10.0. The van der Waals surface area contributed by atoms with E-state index in [2.05, 4.69) is 36.8 Å². The van der Waals surface area contributed by atoms with E-state index in [1.54, 1.807) is 12.5 Å². The molecule has 2 aliphatic heterocycles. The standard InChI is InChI=1S/C20H25N7/c1-2-7-19-23-24-20(27(19)12-3-1)16-6-5-11-25(14-16)17-8-4-9-18(22-17)26-13-10-21-15-26/h4,8-10,13,15-16H,1-3,5-7,11-12,14H2. The summed E-state index contributed by atoms with van der Waals surface area (Å²) < 4.78 is 4.35. The van der Waals surface area contributed by atoms with Crippen LogP contribution in [0.4, 0.5) is 5.82 Å². The number of aryl methyl sites for hydroxylation is 1. The van der Waals surface area contributed by atoms with Crippen molar-refractivity contribution in [3.63, 3.8) is 0 Å². The van der Waals surface area contributed by atoms with E-state index in [0.29, 0.717) is 5.92 Å². The fourth-order valence-electron chi connectivity index (χ4n) is 4.33. The molecule has 27 heavy (non-hydrogen) atoms. The molecule has 0 aliphatic carbocycles. The van der Waals surface area contributed by atoms with Crippen molar-refractivity contribution in [2.24, 2.45) is 0 Å². The van der Waals surface area contributed by atoms with Crippen LogP contribution in [0.1, 0.15) is 49.7 Å². The van der Waals surface area contributed by atoms with Crippen LogP contribution in [0.3, 0.4) is 0 Å². The van der Waals surface area contributed by atoms with Gasteiger partial charge >= 0.3 is 0 Å². The summed E-state index contributed by atoms with van der Waals surface area (Å²) in [7, 11) is 0. The predicted octanol–water partition coefficient (Wildman–Crippen LogP) is 2.97. The van der Waals surface area contributed by atoms with Crippen molar-refractivity contribution in [3.05, 3.63) is 48.6 Å². The Morgan fingerprint density at radius 1 is 0.963 bits per heavy atom. The van der Waals surface area contributed by atoms with E-state index in [1.807, 2.05) is 16.8 Å². The van der Waals surface area contributed by atoms with Gasteiger partial charge in [0, 0.05) is 44.4 Å². The number of imidazole rings is 1. The lowest BCUT2D eigenvalue weighted by molar-refractivity contribution is 0.464. The van der Waals surface area contributed by atoms with E-state index in [4.69, 9.17) is 4.98 Å². The fraction of sp³-hybridized carbons (Fsp3) is 0.500. The third-order valence-corrected chi connectivity index (χ3v) is 5.74. The fourth-order valence-corrected chi connectivity index (χ4v) is 4.33. The summed E-state index contributed by atoms with van der Waals surface area (Å²) in [6.07, 6.45) is 12.7. The number of fused-ring (bicyclic) bond motifs is 1. The summed E-state index contributed by atoms with van der Waals surface area (Å²) in [6.45, 7) is 3.07. The highest BCUT2D eigenvalue weighted by Crippen LogP contribution is 2.30. The van der Waals surface area contributed by atoms with E-state index in [9.17, 15) is 0 Å². The van der Waals surface area contributed by atoms with Crippen LogP contribution in [0.15, 0.2) is 36.9 Å². The molecule has 140 valence electrons. The van der Waals surface area contributed by atoms with Gasteiger partial charge in [-0.1, -0.05) is 12.5 Å². The first-order chi connectivity index (χ1) is 13.4. The minimum absolute atomic E-state index is 0.428. The molecule has 1 atom stereocenters. The van der Waals surface area contributed by atoms with E-state index in [-0.39, 0.29) is 0 Å². The number of anilines is 1. The summed E-state index contributed by atoms with van der Waals surface area (Å²) >= 11 is 0. The van der Waals surface area contributed by atoms with Crippen molar-refractivity contribution in [3.8, 4) is 5.82 Å². The van der Waals surface area contributed by atoms with Gasteiger partial charge in [0.15, 0.2) is 0 Å². The van der Waals surface area contributed by atoms with Crippen LogP contribution in [0, 0.1) is 0 Å². The Hall–Kier alpha value is -2.70. The van der Waals surface area contributed by atoms with E-state index in [0.717, 1.165) is 44.1 Å². The average Bonchev–Trinajstić information content (AvgIpc) is 3.34. The third-order valence-electron chi connectivity index (χ3n) is 5.74. The summed E-state index contributed by atoms with van der Waals surface area (Å²) in [5.74, 6) is 4.73. The number of hydrogen-bond donors (Lipinski definition) is 0. The van der Waals surface area contributed by atoms with Crippen LogP contribution < -0.4 is 4.90 Å². The highest BCUT2D eigenvalue weighted by molar-refractivity contribution is 5.43. The monoisotopic (exact) mass is 363 g/mol. The summed E-state index contributed by atoms with van der Waals surface area (Å²) in [6, 6.07) is 6.20. The molecule has 0 radical (unpaired) electrons. The van der Waals surface area contributed by atoms with Gasteiger partial charge in [0.05, 0.1) is 0 Å². The molecule has 1 saturated heterocycles. The van der Waals surface area contributed by atoms with Crippen LogP contribution in [0.2, 0.25) is 0 Å². The maximum Gasteiger partial charge on any atom is 0.140 e. The summed E-state index contributed by atoms with van der Waals surface area (Å²) in [5, 5.41) is 9.11. The maximum atomic E-state index is 4.86. The van der Waals surface area contributed by atoms with Crippen LogP contribution in [-0.4, -0.2) is 42.4 Å². The Morgan fingerprint density at radius 3 is 2.85 bits per heavy atom. The molecule has 3 aromatic heterocycles. The highest BCUT2D eigenvalue weighted by atomic mass is 15.3. The zero-order valence-electron chi connectivity index (χ0n) is 15.5. The number of aromatic nitrogens is 6. The second-order valence-electron chi connectivity index (χ2n) is 7.55. The van der Waals surface area contributed by atoms with Gasteiger partial charge in [0.1, 0.15) is 29.6 Å². The molecule has 3 aromatic rings. The third kappa shape index (κ3) is 3.22. The SMILES string of the molecule is c1cc(N2CCCC(c3nnc4n3CCCCC4)C2)nc(-n2ccnc2)c1. The molecule has 5 rings (SSSR count). The Kier molecular flexibility index (Phi) is 4.35. The molecule has 0 bridgehead atoms. The molecule has 2 aliphatic rings. The topological polar surface area (TPSA) is 64.7 Å². The van der Waals surface area contributed by atoms with Gasteiger partial charge in [-0.2, -0.15) is 0 Å². The minimum Gasteiger partial charge on any atom is -0.356 e. The normalized spacial score (nSPS) is 20.3. The second-order valence-corrected chi connectivity index (χ2v) is 7.55. The first-order valence-electron chi connectivity index (χ1n) is 10.0. The lowest BCUT2D eigenvalue weighted by Crippen LogP contribution is -2.36. The molecule has 7 heteroatoms. The Bertz CT molecular complexity index is 899. The van der Waals surface area contributed by atoms with Gasteiger partial charge in [-0.3, -0.25) is 4.57 Å². The van der Waals surface area contributed by atoms with Crippen LogP contribution in [0.25, 0.3) is 5.82 Å². The zero-order chi connectivity index (χ0) is 18.1. The number of rotatable bonds is 3. The summed E-state index contributed by atoms with van der Waals surface area (Å²) in [5.41, 5.74) is 0. The quantitative estimate of drug-likeness (QED) is 0.716. The maximum absolute atomic E-state index is 4.86. The first kappa shape index (κ1) is 16.5. The molecular weight excluding hydrogens is 338 g/mol. The molecule has 1 fully saturated rings. The average molecular weight is 363 g/mol. The lowest BCUT2D eigenvalue weighted by Gasteiger charge is -2.33. The molecule has 0 amide bonds. The summed E-state index contributed by atoms with van der Waals surface area (Å²) in [4.78, 5) is 11.4. The Balaban J connectivity index is 1.39. The second kappa shape index (κ2) is 7.13. The van der Waals surface area contributed by atoms with E-state index >= 15 is 0 Å². The van der Waals surface area contributed by atoms with Crippen LogP contribution >= 0.6 is 0 Å². The van der Waals surface area contributed by atoms with Crippen LogP contribution in [0.5, 0.6) is 0 Å². The van der Waals surface area contributed by atoms with E-state index < -0.39 is 0 Å². The predicted molar refractivity (Wildman–Crippen MR) is 103 cm³/mol. The molecule has 1 unspecified atom stereocenters. The molecule has 0 spiro atoms. The van der Waals surface area contributed by atoms with Crippen molar-refractivity contribution in [2.45, 2.75) is 51.0 Å². The van der Waals surface area contributed by atoms with Crippen LogP contribution in [-0.2, 0) is 13.0 Å². The van der Waals surface area contributed by atoms with Crippen molar-refractivity contribution < 1.29 is 0 Å². The number of piperidine rings is 1. The molecule has 5 heterocycles. The molecule has 7 nitrogen and oxygen atoms in total. The molecular formula is C20H25N7. The van der Waals surface area contributed by atoms with Gasteiger partial charge in [-0.25, -0.2) is 9.97 Å². The number of hydrogen-bond acceptors (Lipinski definition) is 5. The Labute approximate surface area is 159 Å². The lowest BCUT2D eigenvalue weighted by atomic mass is 9.97. The largest absolute Gasteiger partial charge is 0.356 e. The van der Waals surface area contributed by atoms with Gasteiger partial charge in [0.25, 0.3) is 0 Å². The van der Waals surface area contributed by atoms with E-state index in [1.165, 1.54) is 37.3 Å². The molecule has 0 aromatic carbocycles. The van der Waals surface area contributed by atoms with Gasteiger partial charge < -0.3 is 9.47 Å². The number of nitrogens with zero attached hydrogens (tertiary/aromatic N) is 7. The van der Waals surface area contributed by atoms with Crippen molar-refractivity contribution >= 4 is 5.82 Å². The van der Waals surface area contributed by atoms with Gasteiger partial charge in [-0.15, -0.1) is 10.2 Å². The smallest absolute Gasteiger partial charge is 0.140 e. The molecule has 0 saturated carbocycles. The molecule has 0 N–H and O–H groups in total. The van der Waals surface area contributed by atoms with Crippen molar-refractivity contribution in [1.82, 2.24) is 29.3 Å². The zero-order valence-corrected chi connectivity index (χ0v) is 15.5. The van der Waals surface area contributed by atoms with Crippen molar-refractivity contribution in [2.75, 3.05) is 18.0 Å². The number of pyridine rings is 1. The highest BCUT2D eigenvalue weighted by Gasteiger charge is 2.28. The minimum atomic E-state index is 0.428. The van der Waals surface area contributed by atoms with Gasteiger partial charge in [0.2, 0.25) is 0 Å². The van der Waals surface area contributed by atoms with Gasteiger partial charge in [-0.05, 0) is 37.8 Å². The van der Waals surface area contributed by atoms with Crippen molar-refractivity contribution in [1.29, 1.82) is 0 Å².